The number of carbonyl (C=O) groups excluding carboxylic acids is 2. The van der Waals surface area contributed by atoms with E-state index in [2.05, 4.69) is 31.8 Å². The molecule has 0 aliphatic rings. The largest absolute Gasteiger partial charge is 0.494 e. The molecule has 0 radical (unpaired) electrons. The van der Waals surface area contributed by atoms with Crippen LogP contribution >= 0.6 is 15.9 Å². The Labute approximate surface area is 200 Å². The molecule has 0 spiro atoms. The van der Waals surface area contributed by atoms with Gasteiger partial charge in [0, 0.05) is 15.7 Å². The lowest BCUT2D eigenvalue weighted by Crippen LogP contribution is -2.24. The Bertz CT molecular complexity index is 1100. The molecule has 0 saturated heterocycles. The summed E-state index contributed by atoms with van der Waals surface area (Å²) in [6.07, 6.45) is 1.13. The number of nitrogens with one attached hydrogen (secondary N) is 2. The second kappa shape index (κ2) is 12.4. The summed E-state index contributed by atoms with van der Waals surface area (Å²) in [5.74, 6) is 0.378. The third kappa shape index (κ3) is 8.08. The molecule has 33 heavy (non-hydrogen) atoms. The minimum atomic E-state index is -0.525. The predicted octanol–water partition coefficient (Wildman–Crippen LogP) is 4.91. The average molecular weight is 510 g/mol. The smallest absolute Gasteiger partial charge is 0.249 e. The molecular formula is C25H24BrN3O4. The SMILES string of the molecule is CCOc1ccc(NC(=O)CC(=O)NN=Cc2ccccc2OCc2ccc(Br)cc2)cc1. The molecule has 0 bridgehead atoms. The van der Waals surface area contributed by atoms with Crippen molar-refractivity contribution in [3.8, 4) is 11.5 Å². The van der Waals surface area contributed by atoms with Gasteiger partial charge in [-0.1, -0.05) is 40.2 Å². The fourth-order valence-corrected chi connectivity index (χ4v) is 3.09. The van der Waals surface area contributed by atoms with Crippen LogP contribution in [0.15, 0.2) is 82.4 Å². The highest BCUT2D eigenvalue weighted by Gasteiger charge is 2.09. The second-order valence-corrected chi connectivity index (χ2v) is 7.84. The molecule has 8 heteroatoms. The monoisotopic (exact) mass is 509 g/mol. The number of hydrogen-bond donors (Lipinski definition) is 2. The van der Waals surface area contributed by atoms with Gasteiger partial charge in [-0.15, -0.1) is 0 Å². The van der Waals surface area contributed by atoms with E-state index in [9.17, 15) is 9.59 Å². The van der Waals surface area contributed by atoms with Crippen LogP contribution in [0.1, 0.15) is 24.5 Å². The minimum absolute atomic E-state index is 0.355. The molecular weight excluding hydrogens is 486 g/mol. The zero-order valence-electron chi connectivity index (χ0n) is 18.1. The molecule has 170 valence electrons. The average Bonchev–Trinajstić information content (AvgIpc) is 2.81. The van der Waals surface area contributed by atoms with Crippen LogP contribution in [-0.2, 0) is 16.2 Å². The van der Waals surface area contributed by atoms with E-state index in [-0.39, 0.29) is 6.42 Å². The Morgan fingerprint density at radius 2 is 1.67 bits per heavy atom. The molecule has 2 N–H and O–H groups in total. The number of carbonyl (C=O) groups is 2. The number of amides is 2. The zero-order valence-corrected chi connectivity index (χ0v) is 19.7. The number of hydrogen-bond acceptors (Lipinski definition) is 5. The third-order valence-corrected chi connectivity index (χ3v) is 4.92. The first-order valence-electron chi connectivity index (χ1n) is 10.3. The van der Waals surface area contributed by atoms with Crippen LogP contribution in [-0.4, -0.2) is 24.6 Å². The van der Waals surface area contributed by atoms with E-state index in [1.807, 2.05) is 55.5 Å². The molecule has 7 nitrogen and oxygen atoms in total. The number of benzene rings is 3. The summed E-state index contributed by atoms with van der Waals surface area (Å²) in [4.78, 5) is 24.1. The van der Waals surface area contributed by atoms with Crippen LogP contribution in [0.25, 0.3) is 0 Å². The molecule has 0 aromatic heterocycles. The van der Waals surface area contributed by atoms with Gasteiger partial charge in [-0.2, -0.15) is 5.10 Å². The van der Waals surface area contributed by atoms with Crippen molar-refractivity contribution >= 4 is 39.6 Å². The summed E-state index contributed by atoms with van der Waals surface area (Å²) in [5, 5.41) is 6.62. The lowest BCUT2D eigenvalue weighted by Gasteiger charge is -2.09. The Hall–Kier alpha value is -3.65. The molecule has 0 aliphatic heterocycles. The summed E-state index contributed by atoms with van der Waals surface area (Å²) < 4.78 is 12.2. The molecule has 3 aromatic carbocycles. The van der Waals surface area contributed by atoms with Crippen LogP contribution in [0, 0.1) is 0 Å². The molecule has 0 heterocycles. The maximum atomic E-state index is 12.1. The van der Waals surface area contributed by atoms with Gasteiger partial charge in [-0.05, 0) is 61.0 Å². The Balaban J connectivity index is 1.48. The van der Waals surface area contributed by atoms with Crippen LogP contribution in [0.3, 0.4) is 0 Å². The van der Waals surface area contributed by atoms with Crippen molar-refractivity contribution in [2.75, 3.05) is 11.9 Å². The van der Waals surface area contributed by atoms with Gasteiger partial charge in [0.15, 0.2) is 0 Å². The van der Waals surface area contributed by atoms with Gasteiger partial charge < -0.3 is 14.8 Å². The molecule has 3 rings (SSSR count). The number of rotatable bonds is 10. The molecule has 0 aliphatic carbocycles. The maximum Gasteiger partial charge on any atom is 0.249 e. The first-order chi connectivity index (χ1) is 16.0. The number of ether oxygens (including phenoxy) is 2. The maximum absolute atomic E-state index is 12.1. The van der Waals surface area contributed by atoms with Gasteiger partial charge in [0.2, 0.25) is 11.8 Å². The van der Waals surface area contributed by atoms with Crippen molar-refractivity contribution in [1.29, 1.82) is 0 Å². The first kappa shape index (κ1) is 24.0. The number of hydrazone groups is 1. The predicted molar refractivity (Wildman–Crippen MR) is 132 cm³/mol. The summed E-state index contributed by atoms with van der Waals surface area (Å²) in [6.45, 7) is 2.86. The van der Waals surface area contributed by atoms with Crippen molar-refractivity contribution < 1.29 is 19.1 Å². The normalized spacial score (nSPS) is 10.6. The van der Waals surface area contributed by atoms with Crippen LogP contribution in [0.5, 0.6) is 11.5 Å². The third-order valence-electron chi connectivity index (χ3n) is 4.39. The van der Waals surface area contributed by atoms with Crippen molar-refractivity contribution in [3.63, 3.8) is 0 Å². The highest BCUT2D eigenvalue weighted by atomic mass is 79.9. The van der Waals surface area contributed by atoms with E-state index >= 15 is 0 Å². The summed E-state index contributed by atoms with van der Waals surface area (Å²) in [6, 6.07) is 22.1. The molecule has 3 aromatic rings. The lowest BCUT2D eigenvalue weighted by atomic mass is 10.2. The van der Waals surface area contributed by atoms with Crippen LogP contribution in [0.2, 0.25) is 0 Å². The van der Waals surface area contributed by atoms with E-state index in [1.54, 1.807) is 24.3 Å². The standard InChI is InChI=1S/C25H24BrN3O4/c1-2-32-22-13-11-21(12-14-22)28-24(30)15-25(31)29-27-16-19-5-3-4-6-23(19)33-17-18-7-9-20(26)10-8-18/h3-14,16H,2,15,17H2,1H3,(H,28,30)(H,29,31). The summed E-state index contributed by atoms with van der Waals surface area (Å²) in [5.41, 5.74) is 4.68. The van der Waals surface area contributed by atoms with Gasteiger partial charge in [-0.25, -0.2) is 5.43 Å². The fraction of sp³-hybridized carbons (Fsp3) is 0.160. The molecule has 2 amide bonds. The van der Waals surface area contributed by atoms with Crippen LogP contribution < -0.4 is 20.2 Å². The Morgan fingerprint density at radius 3 is 2.39 bits per heavy atom. The first-order valence-corrected chi connectivity index (χ1v) is 11.1. The summed E-state index contributed by atoms with van der Waals surface area (Å²) >= 11 is 3.41. The van der Waals surface area contributed by atoms with E-state index in [0.717, 1.165) is 10.0 Å². The van der Waals surface area contributed by atoms with Crippen molar-refractivity contribution in [2.24, 2.45) is 5.10 Å². The van der Waals surface area contributed by atoms with E-state index in [1.165, 1.54) is 6.21 Å². The molecule has 0 fully saturated rings. The van der Waals surface area contributed by atoms with Gasteiger partial charge >= 0.3 is 0 Å². The molecule has 0 saturated carbocycles. The van der Waals surface area contributed by atoms with Gasteiger partial charge in [-0.3, -0.25) is 9.59 Å². The minimum Gasteiger partial charge on any atom is -0.494 e. The number of halogens is 1. The van der Waals surface area contributed by atoms with Gasteiger partial charge in [0.05, 0.1) is 12.8 Å². The zero-order chi connectivity index (χ0) is 23.5. The molecule has 0 atom stereocenters. The quantitative estimate of drug-likeness (QED) is 0.231. The lowest BCUT2D eigenvalue weighted by molar-refractivity contribution is -0.126. The van der Waals surface area contributed by atoms with Crippen LogP contribution in [0.4, 0.5) is 5.69 Å². The highest BCUT2D eigenvalue weighted by molar-refractivity contribution is 9.10. The number of para-hydroxylation sites is 1. The van der Waals surface area contributed by atoms with E-state index in [4.69, 9.17) is 9.47 Å². The van der Waals surface area contributed by atoms with Crippen molar-refractivity contribution in [3.05, 3.63) is 88.4 Å². The Morgan fingerprint density at radius 1 is 0.939 bits per heavy atom. The summed E-state index contributed by atoms with van der Waals surface area (Å²) in [7, 11) is 0. The number of anilines is 1. The van der Waals surface area contributed by atoms with Crippen molar-refractivity contribution in [2.45, 2.75) is 20.0 Å². The molecule has 0 unspecified atom stereocenters. The van der Waals surface area contributed by atoms with Crippen molar-refractivity contribution in [1.82, 2.24) is 5.43 Å². The topological polar surface area (TPSA) is 89.0 Å². The van der Waals surface area contributed by atoms with Gasteiger partial charge in [0.1, 0.15) is 24.5 Å². The fourth-order valence-electron chi connectivity index (χ4n) is 2.83. The number of nitrogens with zero attached hydrogens (tertiary/aromatic N) is 1. The second-order valence-electron chi connectivity index (χ2n) is 6.93. The Kier molecular flexibility index (Phi) is 9.02. The van der Waals surface area contributed by atoms with E-state index < -0.39 is 11.8 Å². The van der Waals surface area contributed by atoms with Gasteiger partial charge in [0.25, 0.3) is 0 Å². The highest BCUT2D eigenvalue weighted by Crippen LogP contribution is 2.19. The van der Waals surface area contributed by atoms with E-state index in [0.29, 0.717) is 36.0 Å².